The molecule has 0 radical (unpaired) electrons. The first-order chi connectivity index (χ1) is 12.3. The fraction of sp³-hybridized carbons (Fsp3) is 0.421. The lowest BCUT2D eigenvalue weighted by molar-refractivity contribution is -0.0940. The minimum absolute atomic E-state index is 0.204. The van der Waals surface area contributed by atoms with Crippen LogP contribution in [0.5, 0.6) is 11.5 Å². The van der Waals surface area contributed by atoms with Crippen LogP contribution in [0.3, 0.4) is 0 Å². The third kappa shape index (κ3) is 3.15. The van der Waals surface area contributed by atoms with E-state index in [1.165, 1.54) is 0 Å². The molecule has 0 amide bonds. The number of pyridine rings is 1. The summed E-state index contributed by atoms with van der Waals surface area (Å²) in [5, 5.41) is 7.07. The van der Waals surface area contributed by atoms with Gasteiger partial charge in [0.25, 0.3) is 0 Å². The molecule has 0 spiro atoms. The fourth-order valence-corrected chi connectivity index (χ4v) is 3.58. The largest absolute Gasteiger partial charge is 0.490 e. The highest BCUT2D eigenvalue weighted by Crippen LogP contribution is 2.40. The highest BCUT2D eigenvalue weighted by molar-refractivity contribution is 5.61. The van der Waals surface area contributed by atoms with Crippen molar-refractivity contribution >= 4 is 5.69 Å². The van der Waals surface area contributed by atoms with E-state index in [1.807, 2.05) is 30.3 Å². The molecule has 6 nitrogen and oxygen atoms in total. The van der Waals surface area contributed by atoms with Crippen LogP contribution in [0.2, 0.25) is 0 Å². The molecule has 132 valence electrons. The number of rotatable bonds is 5. The van der Waals surface area contributed by atoms with Crippen molar-refractivity contribution in [1.29, 1.82) is 0 Å². The van der Waals surface area contributed by atoms with Gasteiger partial charge >= 0.3 is 0 Å². The molecule has 1 aromatic heterocycles. The smallest absolute Gasteiger partial charge is 0.241 e. The van der Waals surface area contributed by atoms with Crippen molar-refractivity contribution in [3.05, 3.63) is 48.8 Å². The molecular formula is C19H24N4O2. The summed E-state index contributed by atoms with van der Waals surface area (Å²) in [6.45, 7) is 5.44. The number of para-hydroxylation sites is 2. The van der Waals surface area contributed by atoms with Gasteiger partial charge in [-0.1, -0.05) is 19.1 Å². The van der Waals surface area contributed by atoms with Gasteiger partial charge in [0.2, 0.25) is 5.85 Å². The van der Waals surface area contributed by atoms with Crippen LogP contribution in [0.1, 0.15) is 13.3 Å². The van der Waals surface area contributed by atoms with Gasteiger partial charge in [-0.05, 0) is 24.3 Å². The molecule has 0 saturated carbocycles. The van der Waals surface area contributed by atoms with Crippen LogP contribution in [0, 0.1) is 0 Å². The minimum atomic E-state index is -0.519. The van der Waals surface area contributed by atoms with Gasteiger partial charge in [0, 0.05) is 32.3 Å². The molecular weight excluding hydrogens is 316 g/mol. The first-order valence-electron chi connectivity index (χ1n) is 8.87. The second-order valence-corrected chi connectivity index (χ2v) is 6.41. The van der Waals surface area contributed by atoms with Gasteiger partial charge in [-0.3, -0.25) is 4.98 Å². The summed E-state index contributed by atoms with van der Waals surface area (Å²) in [5.74, 6) is 1.19. The third-order valence-corrected chi connectivity index (χ3v) is 4.87. The average Bonchev–Trinajstić information content (AvgIpc) is 3.07. The molecule has 6 heteroatoms. The Morgan fingerprint density at radius 1 is 1.32 bits per heavy atom. The molecule has 1 saturated heterocycles. The summed E-state index contributed by atoms with van der Waals surface area (Å²) in [6.07, 6.45) is 4.34. The van der Waals surface area contributed by atoms with E-state index >= 15 is 0 Å². The number of nitrogens with one attached hydrogen (secondary N) is 2. The van der Waals surface area contributed by atoms with Crippen LogP contribution >= 0.6 is 0 Å². The number of hydrogen-bond donors (Lipinski definition) is 2. The van der Waals surface area contributed by atoms with E-state index in [2.05, 4.69) is 33.5 Å². The van der Waals surface area contributed by atoms with E-state index in [9.17, 15) is 0 Å². The molecule has 0 aliphatic carbocycles. The quantitative estimate of drug-likeness (QED) is 0.871. The van der Waals surface area contributed by atoms with E-state index in [0.29, 0.717) is 6.61 Å². The average molecular weight is 340 g/mol. The van der Waals surface area contributed by atoms with Crippen molar-refractivity contribution in [3.8, 4) is 11.5 Å². The molecule has 3 heterocycles. The van der Waals surface area contributed by atoms with E-state index in [0.717, 1.165) is 43.2 Å². The second kappa shape index (κ2) is 6.90. The molecule has 2 N–H and O–H groups in total. The van der Waals surface area contributed by atoms with Crippen molar-refractivity contribution in [2.45, 2.75) is 25.2 Å². The topological polar surface area (TPSA) is 58.7 Å². The van der Waals surface area contributed by atoms with E-state index < -0.39 is 5.85 Å². The standard InChI is InChI=1S/C19H24N4O2/c1-2-19(22-17-7-3-4-8-18(17)25-19)23-11-10-21-12-15(23)14-24-16-6-5-9-20-13-16/h3-9,13,15,21-22H,2,10-12,14H2,1H3. The summed E-state index contributed by atoms with van der Waals surface area (Å²) in [5.41, 5.74) is 1.05. The van der Waals surface area contributed by atoms with Crippen LogP contribution in [-0.4, -0.2) is 48.0 Å². The molecule has 2 atom stereocenters. The summed E-state index contributed by atoms with van der Waals surface area (Å²) in [6, 6.07) is 12.1. The Morgan fingerprint density at radius 3 is 3.04 bits per heavy atom. The highest BCUT2D eigenvalue weighted by atomic mass is 16.5. The van der Waals surface area contributed by atoms with Crippen molar-refractivity contribution in [2.24, 2.45) is 0 Å². The maximum Gasteiger partial charge on any atom is 0.241 e. The monoisotopic (exact) mass is 340 g/mol. The number of nitrogens with zero attached hydrogens (tertiary/aromatic N) is 2. The van der Waals surface area contributed by atoms with Crippen LogP contribution in [0.25, 0.3) is 0 Å². The molecule has 2 aromatic rings. The van der Waals surface area contributed by atoms with Gasteiger partial charge in [0.1, 0.15) is 18.1 Å². The number of benzene rings is 1. The SMILES string of the molecule is CCC1(N2CCNCC2COc2cccnc2)Nc2ccccc2O1. The fourth-order valence-electron chi connectivity index (χ4n) is 3.58. The normalized spacial score (nSPS) is 25.7. The summed E-state index contributed by atoms with van der Waals surface area (Å²) in [7, 11) is 0. The zero-order valence-corrected chi connectivity index (χ0v) is 14.4. The van der Waals surface area contributed by atoms with E-state index in [4.69, 9.17) is 9.47 Å². The summed E-state index contributed by atoms with van der Waals surface area (Å²) in [4.78, 5) is 6.50. The predicted molar refractivity (Wildman–Crippen MR) is 96.8 cm³/mol. The zero-order valence-electron chi connectivity index (χ0n) is 14.4. The maximum absolute atomic E-state index is 6.38. The third-order valence-electron chi connectivity index (χ3n) is 4.87. The highest BCUT2D eigenvalue weighted by Gasteiger charge is 2.46. The van der Waals surface area contributed by atoms with E-state index in [-0.39, 0.29) is 6.04 Å². The van der Waals surface area contributed by atoms with Gasteiger partial charge in [-0.25, -0.2) is 4.90 Å². The molecule has 4 rings (SSSR count). The first-order valence-corrected chi connectivity index (χ1v) is 8.87. The number of ether oxygens (including phenoxy) is 2. The van der Waals surface area contributed by atoms with Gasteiger partial charge < -0.3 is 20.1 Å². The Kier molecular flexibility index (Phi) is 4.46. The van der Waals surface area contributed by atoms with Gasteiger partial charge in [0.05, 0.1) is 17.9 Å². The second-order valence-electron chi connectivity index (χ2n) is 6.41. The molecule has 1 fully saturated rings. The summed E-state index contributed by atoms with van der Waals surface area (Å²) < 4.78 is 12.4. The number of aromatic nitrogens is 1. The Morgan fingerprint density at radius 2 is 2.24 bits per heavy atom. The zero-order chi connectivity index (χ0) is 17.1. The van der Waals surface area contributed by atoms with Crippen LogP contribution < -0.4 is 20.1 Å². The summed E-state index contributed by atoms with van der Waals surface area (Å²) >= 11 is 0. The Hall–Kier alpha value is -2.31. The first kappa shape index (κ1) is 16.2. The van der Waals surface area contributed by atoms with Crippen molar-refractivity contribution in [2.75, 3.05) is 31.6 Å². The number of piperazine rings is 1. The molecule has 2 aliphatic heterocycles. The van der Waals surface area contributed by atoms with Crippen LogP contribution in [0.15, 0.2) is 48.8 Å². The molecule has 25 heavy (non-hydrogen) atoms. The molecule has 2 aliphatic rings. The Bertz CT molecular complexity index is 685. The van der Waals surface area contributed by atoms with Crippen molar-refractivity contribution < 1.29 is 9.47 Å². The predicted octanol–water partition coefficient (Wildman–Crippen LogP) is 2.30. The molecule has 1 aromatic carbocycles. The minimum Gasteiger partial charge on any atom is -0.490 e. The molecule has 0 bridgehead atoms. The van der Waals surface area contributed by atoms with Gasteiger partial charge in [-0.2, -0.15) is 0 Å². The van der Waals surface area contributed by atoms with Gasteiger partial charge in [-0.15, -0.1) is 0 Å². The van der Waals surface area contributed by atoms with Crippen LogP contribution in [0.4, 0.5) is 5.69 Å². The van der Waals surface area contributed by atoms with E-state index in [1.54, 1.807) is 12.4 Å². The van der Waals surface area contributed by atoms with Crippen molar-refractivity contribution in [1.82, 2.24) is 15.2 Å². The molecule has 2 unspecified atom stereocenters. The number of fused-ring (bicyclic) bond motifs is 1. The maximum atomic E-state index is 6.38. The Balaban J connectivity index is 1.52. The lowest BCUT2D eigenvalue weighted by Gasteiger charge is -2.46. The van der Waals surface area contributed by atoms with Crippen molar-refractivity contribution in [3.63, 3.8) is 0 Å². The van der Waals surface area contributed by atoms with Gasteiger partial charge in [0.15, 0.2) is 0 Å². The lowest BCUT2D eigenvalue weighted by atomic mass is 10.1. The number of hydrogen-bond acceptors (Lipinski definition) is 6. The lowest BCUT2D eigenvalue weighted by Crippen LogP contribution is -2.66. The van der Waals surface area contributed by atoms with Crippen LogP contribution in [-0.2, 0) is 0 Å². The Labute approximate surface area is 148 Å². The number of anilines is 1.